The Kier molecular flexibility index (Phi) is 7.79. The summed E-state index contributed by atoms with van der Waals surface area (Å²) >= 11 is 13.9. The van der Waals surface area contributed by atoms with Crippen molar-refractivity contribution in [2.45, 2.75) is 32.8 Å². The number of ether oxygens (including phenoxy) is 2. The standard InChI is InChI=1S/C17H16Br4O4/c1-8(22)24-16-12(18)4-10(5-13(16)19)3-11-6-14(20)17(15(21)7-11)25-9(2)23/h4-9,22-23H,3H2,1-2H3. The summed E-state index contributed by atoms with van der Waals surface area (Å²) in [6.45, 7) is 3.11. The lowest BCUT2D eigenvalue weighted by atomic mass is 10.0. The van der Waals surface area contributed by atoms with Crippen molar-refractivity contribution in [1.29, 1.82) is 0 Å². The molecule has 2 rings (SSSR count). The fourth-order valence-electron chi connectivity index (χ4n) is 2.23. The molecule has 2 aromatic carbocycles. The predicted molar refractivity (Wildman–Crippen MR) is 111 cm³/mol. The van der Waals surface area contributed by atoms with Crippen LogP contribution in [0, 0.1) is 0 Å². The molecule has 25 heavy (non-hydrogen) atoms. The number of benzene rings is 2. The van der Waals surface area contributed by atoms with Crippen molar-refractivity contribution in [2.24, 2.45) is 0 Å². The highest BCUT2D eigenvalue weighted by Crippen LogP contribution is 2.38. The smallest absolute Gasteiger partial charge is 0.194 e. The minimum atomic E-state index is -0.896. The molecule has 0 aliphatic carbocycles. The SMILES string of the molecule is CC(O)Oc1c(Br)cc(Cc2cc(Br)c(OC(C)O)c(Br)c2)cc1Br. The van der Waals surface area contributed by atoms with Crippen LogP contribution >= 0.6 is 63.7 Å². The molecule has 136 valence electrons. The lowest BCUT2D eigenvalue weighted by Crippen LogP contribution is -2.11. The Bertz CT molecular complexity index is 653. The van der Waals surface area contributed by atoms with E-state index in [-0.39, 0.29) is 0 Å². The lowest BCUT2D eigenvalue weighted by molar-refractivity contribution is -0.00201. The number of aliphatic hydroxyl groups is 2. The van der Waals surface area contributed by atoms with Crippen LogP contribution in [-0.2, 0) is 6.42 Å². The Morgan fingerprint density at radius 2 is 1.00 bits per heavy atom. The van der Waals surface area contributed by atoms with Gasteiger partial charge in [-0.15, -0.1) is 0 Å². The van der Waals surface area contributed by atoms with Gasteiger partial charge in [0.25, 0.3) is 0 Å². The summed E-state index contributed by atoms with van der Waals surface area (Å²) < 4.78 is 13.8. The third-order valence-electron chi connectivity index (χ3n) is 3.10. The molecular formula is C17H16Br4O4. The molecule has 0 aliphatic rings. The van der Waals surface area contributed by atoms with Crippen LogP contribution in [0.5, 0.6) is 11.5 Å². The molecule has 0 fully saturated rings. The highest BCUT2D eigenvalue weighted by Gasteiger charge is 2.14. The second-order valence-corrected chi connectivity index (χ2v) is 8.81. The van der Waals surface area contributed by atoms with E-state index in [9.17, 15) is 10.2 Å². The Balaban J connectivity index is 2.28. The summed E-state index contributed by atoms with van der Waals surface area (Å²) in [7, 11) is 0. The van der Waals surface area contributed by atoms with Gasteiger partial charge in [-0.3, -0.25) is 0 Å². The van der Waals surface area contributed by atoms with Crippen molar-refractivity contribution in [3.05, 3.63) is 53.3 Å². The van der Waals surface area contributed by atoms with Gasteiger partial charge in [0.2, 0.25) is 0 Å². The molecule has 0 aliphatic heterocycles. The molecule has 8 heteroatoms. The Hall–Kier alpha value is -0.120. The summed E-state index contributed by atoms with van der Waals surface area (Å²) in [4.78, 5) is 0. The lowest BCUT2D eigenvalue weighted by Gasteiger charge is -2.15. The average Bonchev–Trinajstić information content (AvgIpc) is 2.46. The summed E-state index contributed by atoms with van der Waals surface area (Å²) in [5, 5.41) is 18.8. The number of aliphatic hydroxyl groups excluding tert-OH is 2. The normalized spacial score (nSPS) is 13.4. The third kappa shape index (κ3) is 5.94. The first-order valence-electron chi connectivity index (χ1n) is 7.32. The Morgan fingerprint density at radius 1 is 0.720 bits per heavy atom. The Morgan fingerprint density at radius 3 is 1.24 bits per heavy atom. The van der Waals surface area contributed by atoms with E-state index in [4.69, 9.17) is 9.47 Å². The van der Waals surface area contributed by atoms with E-state index < -0.39 is 12.6 Å². The van der Waals surface area contributed by atoms with E-state index >= 15 is 0 Å². The van der Waals surface area contributed by atoms with E-state index in [2.05, 4.69) is 63.7 Å². The summed E-state index contributed by atoms with van der Waals surface area (Å²) in [5.41, 5.74) is 2.11. The largest absolute Gasteiger partial charge is 0.463 e. The second kappa shape index (κ2) is 9.19. The molecule has 0 saturated carbocycles. The van der Waals surface area contributed by atoms with E-state index in [1.54, 1.807) is 13.8 Å². The van der Waals surface area contributed by atoms with Gasteiger partial charge < -0.3 is 19.7 Å². The monoisotopic (exact) mass is 600 g/mol. The van der Waals surface area contributed by atoms with Crippen LogP contribution in [0.15, 0.2) is 42.2 Å². The van der Waals surface area contributed by atoms with Crippen molar-refractivity contribution in [3.8, 4) is 11.5 Å². The molecule has 0 aromatic heterocycles. The zero-order chi connectivity index (χ0) is 18.7. The molecule has 0 amide bonds. The summed E-state index contributed by atoms with van der Waals surface area (Å²) in [5.74, 6) is 1.11. The number of hydrogen-bond acceptors (Lipinski definition) is 4. The minimum absolute atomic E-state index is 0.557. The third-order valence-corrected chi connectivity index (χ3v) is 5.46. The van der Waals surface area contributed by atoms with Crippen molar-refractivity contribution >= 4 is 63.7 Å². The molecule has 4 nitrogen and oxygen atoms in total. The zero-order valence-corrected chi connectivity index (χ0v) is 19.7. The van der Waals surface area contributed by atoms with E-state index in [0.717, 1.165) is 29.0 Å². The van der Waals surface area contributed by atoms with Gasteiger partial charge in [0, 0.05) is 0 Å². The number of rotatable bonds is 6. The first-order valence-corrected chi connectivity index (χ1v) is 10.5. The molecule has 0 spiro atoms. The van der Waals surface area contributed by atoms with Crippen LogP contribution in [0.1, 0.15) is 25.0 Å². The topological polar surface area (TPSA) is 58.9 Å². The van der Waals surface area contributed by atoms with E-state index in [1.807, 2.05) is 24.3 Å². The minimum Gasteiger partial charge on any atom is -0.463 e. The average molecular weight is 604 g/mol. The molecule has 2 aromatic rings. The molecule has 0 heterocycles. The highest BCUT2D eigenvalue weighted by molar-refractivity contribution is 9.11. The molecule has 0 saturated heterocycles. The van der Waals surface area contributed by atoms with Crippen LogP contribution in [0.3, 0.4) is 0 Å². The molecule has 2 N–H and O–H groups in total. The zero-order valence-electron chi connectivity index (χ0n) is 13.4. The van der Waals surface area contributed by atoms with Crippen molar-refractivity contribution in [2.75, 3.05) is 0 Å². The van der Waals surface area contributed by atoms with Crippen molar-refractivity contribution in [1.82, 2.24) is 0 Å². The van der Waals surface area contributed by atoms with Gasteiger partial charge in [0.15, 0.2) is 24.1 Å². The molecular weight excluding hydrogens is 588 g/mol. The van der Waals surface area contributed by atoms with Crippen molar-refractivity contribution in [3.63, 3.8) is 0 Å². The predicted octanol–water partition coefficient (Wildman–Crippen LogP) is 5.76. The van der Waals surface area contributed by atoms with Gasteiger partial charge >= 0.3 is 0 Å². The van der Waals surface area contributed by atoms with E-state index in [0.29, 0.717) is 17.9 Å². The van der Waals surface area contributed by atoms with Crippen LogP contribution in [0.4, 0.5) is 0 Å². The molecule has 2 atom stereocenters. The fourth-order valence-corrected chi connectivity index (χ4v) is 5.17. The maximum atomic E-state index is 9.40. The van der Waals surface area contributed by atoms with Gasteiger partial charge in [-0.25, -0.2) is 0 Å². The second-order valence-electron chi connectivity index (χ2n) is 5.39. The Labute approximate surface area is 180 Å². The van der Waals surface area contributed by atoms with Crippen molar-refractivity contribution < 1.29 is 19.7 Å². The van der Waals surface area contributed by atoms with Gasteiger partial charge in [0.1, 0.15) is 0 Å². The van der Waals surface area contributed by atoms with Crippen LogP contribution in [0.2, 0.25) is 0 Å². The highest BCUT2D eigenvalue weighted by atomic mass is 79.9. The summed E-state index contributed by atoms with van der Waals surface area (Å²) in [6, 6.07) is 7.80. The molecule has 0 radical (unpaired) electrons. The van der Waals surface area contributed by atoms with Gasteiger partial charge in [-0.2, -0.15) is 0 Å². The van der Waals surface area contributed by atoms with Gasteiger partial charge in [-0.1, -0.05) is 0 Å². The van der Waals surface area contributed by atoms with Gasteiger partial charge in [0.05, 0.1) is 17.9 Å². The molecule has 0 bridgehead atoms. The fraction of sp³-hybridized carbons (Fsp3) is 0.294. The quantitative estimate of drug-likeness (QED) is 0.412. The first-order chi connectivity index (χ1) is 11.7. The maximum Gasteiger partial charge on any atom is 0.194 e. The number of hydrogen-bond donors (Lipinski definition) is 2. The summed E-state index contributed by atoms with van der Waals surface area (Å²) in [6.07, 6.45) is -1.11. The maximum absolute atomic E-state index is 9.40. The first kappa shape index (κ1) is 21.2. The van der Waals surface area contributed by atoms with Crippen LogP contribution < -0.4 is 9.47 Å². The van der Waals surface area contributed by atoms with Crippen LogP contribution in [0.25, 0.3) is 0 Å². The van der Waals surface area contributed by atoms with Gasteiger partial charge in [-0.05, 0) is 119 Å². The van der Waals surface area contributed by atoms with Crippen LogP contribution in [-0.4, -0.2) is 22.8 Å². The molecule has 2 unspecified atom stereocenters. The number of halogens is 4. The van der Waals surface area contributed by atoms with E-state index in [1.165, 1.54) is 0 Å².